The van der Waals surface area contributed by atoms with Crippen LogP contribution >= 0.6 is 12.2 Å². The number of nitrogens with two attached hydrogens (primary N) is 1. The van der Waals surface area contributed by atoms with Crippen LogP contribution in [0.25, 0.3) is 0 Å². The summed E-state index contributed by atoms with van der Waals surface area (Å²) in [6.07, 6.45) is 1.55. The van der Waals surface area contributed by atoms with Gasteiger partial charge in [-0.05, 0) is 48.6 Å². The number of nitriles is 1. The van der Waals surface area contributed by atoms with Crippen molar-refractivity contribution in [1.82, 2.24) is 10.3 Å². The van der Waals surface area contributed by atoms with E-state index in [9.17, 15) is 0 Å². The van der Waals surface area contributed by atoms with Crippen molar-refractivity contribution in [3.8, 4) is 6.07 Å². The standard InChI is InChI=1S/C18H20N6OS/c19-11-14-1-3-15(4-2-14)24-9-7-23(8-10-24)13-17-6-5-16(25-17)12-21-22-18(20)26/h1-6,12H,7-10,13H2,(H3,20,22,26). The van der Waals surface area contributed by atoms with Crippen LogP contribution in [-0.2, 0) is 6.54 Å². The van der Waals surface area contributed by atoms with Gasteiger partial charge < -0.3 is 15.1 Å². The van der Waals surface area contributed by atoms with E-state index in [1.807, 2.05) is 36.4 Å². The lowest BCUT2D eigenvalue weighted by molar-refractivity contribution is 0.230. The van der Waals surface area contributed by atoms with Gasteiger partial charge in [0.05, 0.1) is 24.4 Å². The van der Waals surface area contributed by atoms with Crippen molar-refractivity contribution in [2.45, 2.75) is 6.54 Å². The first-order valence-corrected chi connectivity index (χ1v) is 8.69. The quantitative estimate of drug-likeness (QED) is 0.471. The smallest absolute Gasteiger partial charge is 0.184 e. The van der Waals surface area contributed by atoms with Gasteiger partial charge in [-0.2, -0.15) is 10.4 Å². The lowest BCUT2D eigenvalue weighted by atomic mass is 10.2. The van der Waals surface area contributed by atoms with Gasteiger partial charge in [0.2, 0.25) is 0 Å². The Balaban J connectivity index is 1.49. The van der Waals surface area contributed by atoms with Crippen LogP contribution in [0.3, 0.4) is 0 Å². The Bertz CT molecular complexity index is 815. The third-order valence-electron chi connectivity index (χ3n) is 4.16. The summed E-state index contributed by atoms with van der Waals surface area (Å²) in [6, 6.07) is 13.7. The molecule has 0 amide bonds. The van der Waals surface area contributed by atoms with E-state index in [4.69, 9.17) is 15.4 Å². The SMILES string of the molecule is N#Cc1ccc(N2CCN(Cc3ccc(C=NNC(N)=S)o3)CC2)cc1. The molecule has 0 bridgehead atoms. The predicted octanol–water partition coefficient (Wildman–Crippen LogP) is 1.64. The molecule has 0 spiro atoms. The van der Waals surface area contributed by atoms with Gasteiger partial charge in [0.15, 0.2) is 5.11 Å². The average molecular weight is 368 g/mol. The lowest BCUT2D eigenvalue weighted by Crippen LogP contribution is -2.45. The number of rotatable bonds is 5. The highest BCUT2D eigenvalue weighted by molar-refractivity contribution is 7.80. The second-order valence-electron chi connectivity index (χ2n) is 5.96. The molecule has 0 aliphatic carbocycles. The summed E-state index contributed by atoms with van der Waals surface area (Å²) in [5, 5.41) is 12.9. The second-order valence-corrected chi connectivity index (χ2v) is 6.40. The van der Waals surface area contributed by atoms with Crippen molar-refractivity contribution in [3.63, 3.8) is 0 Å². The first-order chi connectivity index (χ1) is 12.6. The number of hydrazone groups is 1. The van der Waals surface area contributed by atoms with Crippen molar-refractivity contribution in [2.75, 3.05) is 31.1 Å². The van der Waals surface area contributed by atoms with Crippen molar-refractivity contribution in [3.05, 3.63) is 53.5 Å². The number of hydrogen-bond donors (Lipinski definition) is 2. The molecule has 1 fully saturated rings. The number of furan rings is 1. The normalized spacial score (nSPS) is 15.1. The van der Waals surface area contributed by atoms with E-state index in [1.165, 1.54) is 0 Å². The number of anilines is 1. The summed E-state index contributed by atoms with van der Waals surface area (Å²) in [7, 11) is 0. The maximum Gasteiger partial charge on any atom is 0.184 e. The number of benzene rings is 1. The van der Waals surface area contributed by atoms with Gasteiger partial charge in [-0.15, -0.1) is 0 Å². The Morgan fingerprint density at radius 3 is 2.62 bits per heavy atom. The van der Waals surface area contributed by atoms with Crippen LogP contribution in [-0.4, -0.2) is 42.4 Å². The largest absolute Gasteiger partial charge is 0.459 e. The van der Waals surface area contributed by atoms with Gasteiger partial charge in [-0.1, -0.05) is 0 Å². The van der Waals surface area contributed by atoms with Gasteiger partial charge in [0.25, 0.3) is 0 Å². The highest BCUT2D eigenvalue weighted by atomic mass is 32.1. The molecule has 1 aromatic carbocycles. The number of nitrogens with one attached hydrogen (secondary N) is 1. The van der Waals surface area contributed by atoms with E-state index < -0.39 is 0 Å². The van der Waals surface area contributed by atoms with E-state index in [2.05, 4.69) is 38.6 Å². The molecule has 134 valence electrons. The van der Waals surface area contributed by atoms with E-state index in [0.717, 1.165) is 44.2 Å². The molecule has 26 heavy (non-hydrogen) atoms. The Labute approximate surface area is 157 Å². The molecule has 1 aliphatic heterocycles. The zero-order valence-corrected chi connectivity index (χ0v) is 15.1. The third kappa shape index (κ3) is 4.81. The molecule has 7 nitrogen and oxygen atoms in total. The second kappa shape index (κ2) is 8.47. The molecule has 8 heteroatoms. The summed E-state index contributed by atoms with van der Waals surface area (Å²) >= 11 is 4.68. The van der Waals surface area contributed by atoms with Crippen LogP contribution < -0.4 is 16.1 Å². The molecule has 0 unspecified atom stereocenters. The highest BCUT2D eigenvalue weighted by Gasteiger charge is 2.18. The average Bonchev–Trinajstić information content (AvgIpc) is 3.09. The summed E-state index contributed by atoms with van der Waals surface area (Å²) < 4.78 is 5.75. The van der Waals surface area contributed by atoms with E-state index in [-0.39, 0.29) is 5.11 Å². The number of thiocarbonyl (C=S) groups is 1. The zero-order chi connectivity index (χ0) is 18.4. The number of nitrogens with zero attached hydrogens (tertiary/aromatic N) is 4. The van der Waals surface area contributed by atoms with Crippen molar-refractivity contribution in [1.29, 1.82) is 5.26 Å². The Kier molecular flexibility index (Phi) is 5.84. The van der Waals surface area contributed by atoms with E-state index in [1.54, 1.807) is 6.21 Å². The first-order valence-electron chi connectivity index (χ1n) is 8.29. The highest BCUT2D eigenvalue weighted by Crippen LogP contribution is 2.18. The molecule has 2 aromatic rings. The fraction of sp³-hybridized carbons (Fsp3) is 0.278. The van der Waals surface area contributed by atoms with Crippen LogP contribution in [0, 0.1) is 11.3 Å². The number of hydrogen-bond acceptors (Lipinski definition) is 6. The monoisotopic (exact) mass is 368 g/mol. The summed E-state index contributed by atoms with van der Waals surface area (Å²) in [5.41, 5.74) is 9.65. The topological polar surface area (TPSA) is 93.8 Å². The van der Waals surface area contributed by atoms with Crippen LogP contribution in [0.5, 0.6) is 0 Å². The molecule has 1 saturated heterocycles. The lowest BCUT2D eigenvalue weighted by Gasteiger charge is -2.35. The minimum Gasteiger partial charge on any atom is -0.459 e. The van der Waals surface area contributed by atoms with Gasteiger partial charge in [-0.25, -0.2) is 0 Å². The molecular weight excluding hydrogens is 348 g/mol. The van der Waals surface area contributed by atoms with Gasteiger partial charge in [0, 0.05) is 31.9 Å². The summed E-state index contributed by atoms with van der Waals surface area (Å²) in [5.74, 6) is 1.55. The fourth-order valence-corrected chi connectivity index (χ4v) is 2.89. The molecule has 1 aliphatic rings. The van der Waals surface area contributed by atoms with Gasteiger partial charge >= 0.3 is 0 Å². The summed E-state index contributed by atoms with van der Waals surface area (Å²) in [4.78, 5) is 4.69. The molecule has 2 heterocycles. The van der Waals surface area contributed by atoms with E-state index in [0.29, 0.717) is 11.3 Å². The zero-order valence-electron chi connectivity index (χ0n) is 14.3. The molecule has 0 radical (unpaired) electrons. The maximum atomic E-state index is 8.89. The van der Waals surface area contributed by atoms with Crippen LogP contribution in [0.1, 0.15) is 17.1 Å². The Morgan fingerprint density at radius 1 is 1.23 bits per heavy atom. The molecule has 3 N–H and O–H groups in total. The molecule has 3 rings (SSSR count). The van der Waals surface area contributed by atoms with Gasteiger partial charge in [-0.3, -0.25) is 10.3 Å². The van der Waals surface area contributed by atoms with Crippen LogP contribution in [0.15, 0.2) is 45.9 Å². The molecule has 0 atom stereocenters. The first kappa shape index (κ1) is 17.9. The molecular formula is C18H20N6OS. The number of piperazine rings is 1. The summed E-state index contributed by atoms with van der Waals surface area (Å²) in [6.45, 7) is 4.55. The Hall–Kier alpha value is -2.89. The van der Waals surface area contributed by atoms with Crippen molar-refractivity contribution in [2.24, 2.45) is 10.8 Å². The van der Waals surface area contributed by atoms with Crippen molar-refractivity contribution >= 4 is 29.2 Å². The molecule has 1 aromatic heterocycles. The van der Waals surface area contributed by atoms with E-state index >= 15 is 0 Å². The van der Waals surface area contributed by atoms with Crippen molar-refractivity contribution < 1.29 is 4.42 Å². The van der Waals surface area contributed by atoms with Crippen LogP contribution in [0.4, 0.5) is 5.69 Å². The molecule has 0 saturated carbocycles. The van der Waals surface area contributed by atoms with Gasteiger partial charge in [0.1, 0.15) is 11.5 Å². The van der Waals surface area contributed by atoms with Crippen LogP contribution in [0.2, 0.25) is 0 Å². The maximum absolute atomic E-state index is 8.89. The minimum atomic E-state index is 0.119. The fourth-order valence-electron chi connectivity index (χ4n) is 2.84. The Morgan fingerprint density at radius 2 is 1.96 bits per heavy atom. The minimum absolute atomic E-state index is 0.119. The predicted molar refractivity (Wildman–Crippen MR) is 105 cm³/mol. The third-order valence-corrected chi connectivity index (χ3v) is 4.25.